The maximum atomic E-state index is 8.73. The molecule has 1 aromatic rings. The molecule has 0 heterocycles. The Bertz CT molecular complexity index is 412. The van der Waals surface area contributed by atoms with Gasteiger partial charge < -0.3 is 4.90 Å². The first-order valence-corrected chi connectivity index (χ1v) is 4.82. The molecule has 0 fully saturated rings. The molecule has 0 saturated heterocycles. The number of nitriles is 1. The highest BCUT2D eigenvalue weighted by atomic mass is 79.9. The van der Waals surface area contributed by atoms with Crippen molar-refractivity contribution in [2.45, 2.75) is 0 Å². The molecule has 0 atom stereocenters. The predicted molar refractivity (Wildman–Crippen MR) is 61.0 cm³/mol. The molecule has 1 rings (SSSR count). The van der Waals surface area contributed by atoms with Gasteiger partial charge in [0.1, 0.15) is 6.07 Å². The molecule has 0 spiro atoms. The molecule has 0 radical (unpaired) electrons. The number of benzene rings is 1. The molecule has 0 aliphatic carbocycles. The van der Waals surface area contributed by atoms with Crippen molar-refractivity contribution in [1.29, 1.82) is 5.26 Å². The minimum absolute atomic E-state index is 0.554. The van der Waals surface area contributed by atoms with E-state index in [9.17, 15) is 0 Å². The largest absolute Gasteiger partial charge is 0.363 e. The van der Waals surface area contributed by atoms with Gasteiger partial charge in [0.05, 0.1) is 12.1 Å². The van der Waals surface area contributed by atoms with Crippen molar-refractivity contribution >= 4 is 21.6 Å². The van der Waals surface area contributed by atoms with Gasteiger partial charge in [0.15, 0.2) is 0 Å². The molecule has 3 heteroatoms. The van der Waals surface area contributed by atoms with Crippen LogP contribution in [0.15, 0.2) is 22.7 Å². The summed E-state index contributed by atoms with van der Waals surface area (Å²) in [4.78, 5) is 1.94. The van der Waals surface area contributed by atoms with E-state index in [1.165, 1.54) is 0 Å². The highest BCUT2D eigenvalue weighted by molar-refractivity contribution is 9.10. The van der Waals surface area contributed by atoms with Gasteiger partial charge in [-0.2, -0.15) is 5.26 Å². The topological polar surface area (TPSA) is 27.0 Å². The van der Waals surface area contributed by atoms with Gasteiger partial charge in [-0.1, -0.05) is 5.92 Å². The van der Waals surface area contributed by atoms with E-state index in [4.69, 9.17) is 11.7 Å². The molecule has 70 valence electrons. The zero-order valence-corrected chi connectivity index (χ0v) is 9.37. The maximum Gasteiger partial charge on any atom is 0.100 e. The summed E-state index contributed by atoms with van der Waals surface area (Å²) in [6.45, 7) is 0.554. The first kappa shape index (κ1) is 10.6. The third-order valence-corrected chi connectivity index (χ3v) is 2.50. The van der Waals surface area contributed by atoms with E-state index in [0.29, 0.717) is 12.1 Å². The lowest BCUT2D eigenvalue weighted by Gasteiger charge is -2.16. The number of hydrogen-bond donors (Lipinski definition) is 0. The second-order valence-corrected chi connectivity index (χ2v) is 3.69. The summed E-state index contributed by atoms with van der Waals surface area (Å²) in [5.74, 6) is 2.56. The molecule has 0 amide bonds. The van der Waals surface area contributed by atoms with Crippen LogP contribution >= 0.6 is 15.9 Å². The number of halogens is 1. The Hall–Kier alpha value is -1.45. The van der Waals surface area contributed by atoms with Crippen molar-refractivity contribution in [2.24, 2.45) is 0 Å². The molecule has 0 saturated carbocycles. The smallest absolute Gasteiger partial charge is 0.100 e. The van der Waals surface area contributed by atoms with Crippen LogP contribution in [0, 0.1) is 23.7 Å². The van der Waals surface area contributed by atoms with E-state index in [-0.39, 0.29) is 0 Å². The second-order valence-electron chi connectivity index (χ2n) is 2.84. The van der Waals surface area contributed by atoms with Gasteiger partial charge in [0, 0.05) is 17.2 Å². The third-order valence-electron chi connectivity index (χ3n) is 1.84. The normalized spacial score (nSPS) is 8.86. The average Bonchev–Trinajstić information content (AvgIpc) is 2.18. The van der Waals surface area contributed by atoms with Gasteiger partial charge in [-0.25, -0.2) is 0 Å². The van der Waals surface area contributed by atoms with Crippen molar-refractivity contribution < 1.29 is 0 Å². The van der Waals surface area contributed by atoms with Gasteiger partial charge in [-0.3, -0.25) is 0 Å². The summed E-state index contributed by atoms with van der Waals surface area (Å²) < 4.78 is 0.793. The van der Waals surface area contributed by atoms with E-state index < -0.39 is 0 Å². The molecule has 0 bridgehead atoms. The number of terminal acetylenes is 1. The minimum Gasteiger partial charge on any atom is -0.363 e. The van der Waals surface area contributed by atoms with Gasteiger partial charge in [-0.05, 0) is 34.1 Å². The molecule has 2 nitrogen and oxygen atoms in total. The van der Waals surface area contributed by atoms with Crippen LogP contribution in [-0.2, 0) is 0 Å². The quantitative estimate of drug-likeness (QED) is 0.752. The summed E-state index contributed by atoms with van der Waals surface area (Å²) in [7, 11) is 1.91. The third kappa shape index (κ3) is 2.28. The van der Waals surface area contributed by atoms with Gasteiger partial charge in [0.2, 0.25) is 0 Å². The van der Waals surface area contributed by atoms with Crippen LogP contribution in [0.25, 0.3) is 0 Å². The Morgan fingerprint density at radius 1 is 1.57 bits per heavy atom. The lowest BCUT2D eigenvalue weighted by atomic mass is 10.2. The molecule has 0 aliphatic rings. The van der Waals surface area contributed by atoms with Crippen molar-refractivity contribution in [3.05, 3.63) is 28.2 Å². The molecule has 0 unspecified atom stereocenters. The molecule has 0 aliphatic heterocycles. The van der Waals surface area contributed by atoms with Crippen LogP contribution in [0.5, 0.6) is 0 Å². The van der Waals surface area contributed by atoms with E-state index in [0.717, 1.165) is 10.2 Å². The zero-order chi connectivity index (χ0) is 10.6. The first-order chi connectivity index (χ1) is 6.69. The summed E-state index contributed by atoms with van der Waals surface area (Å²) in [5.41, 5.74) is 1.62. The van der Waals surface area contributed by atoms with Gasteiger partial charge in [-0.15, -0.1) is 6.42 Å². The Balaban J connectivity index is 2.99. The number of rotatable bonds is 2. The molecular weight excluding hydrogens is 240 g/mol. The van der Waals surface area contributed by atoms with Crippen LogP contribution < -0.4 is 4.90 Å². The first-order valence-electron chi connectivity index (χ1n) is 4.03. The molecule has 1 aromatic carbocycles. The molecule has 0 N–H and O–H groups in total. The second kappa shape index (κ2) is 4.69. The summed E-state index contributed by atoms with van der Waals surface area (Å²) >= 11 is 3.33. The van der Waals surface area contributed by atoms with Crippen LogP contribution in [0.2, 0.25) is 0 Å². The fraction of sp³-hybridized carbons (Fsp3) is 0.182. The highest BCUT2D eigenvalue weighted by Crippen LogP contribution is 2.22. The molecule has 0 aromatic heterocycles. The van der Waals surface area contributed by atoms with E-state index in [1.54, 1.807) is 6.07 Å². The maximum absolute atomic E-state index is 8.73. The number of hydrogen-bond acceptors (Lipinski definition) is 2. The molecule has 14 heavy (non-hydrogen) atoms. The van der Waals surface area contributed by atoms with Crippen molar-refractivity contribution in [3.8, 4) is 18.4 Å². The zero-order valence-electron chi connectivity index (χ0n) is 7.79. The Morgan fingerprint density at radius 2 is 2.29 bits per heavy atom. The lowest BCUT2D eigenvalue weighted by molar-refractivity contribution is 1.05. The standard InChI is InChI=1S/C11H9BrN2/c1-3-6-14(2)10-5-4-9(8-13)11(12)7-10/h1,4-5,7H,6H2,2H3. The predicted octanol–water partition coefficient (Wildman–Crippen LogP) is 2.39. The number of anilines is 1. The summed E-state index contributed by atoms with van der Waals surface area (Å²) in [5, 5.41) is 8.73. The fourth-order valence-electron chi connectivity index (χ4n) is 1.06. The van der Waals surface area contributed by atoms with Gasteiger partial charge in [0.25, 0.3) is 0 Å². The average molecular weight is 249 g/mol. The summed E-state index contributed by atoms with van der Waals surface area (Å²) in [6, 6.07) is 7.62. The van der Waals surface area contributed by atoms with Crippen LogP contribution in [-0.4, -0.2) is 13.6 Å². The Kier molecular flexibility index (Phi) is 3.56. The molecular formula is C11H9BrN2. The monoisotopic (exact) mass is 248 g/mol. The number of nitrogens with zero attached hydrogens (tertiary/aromatic N) is 2. The van der Waals surface area contributed by atoms with Gasteiger partial charge >= 0.3 is 0 Å². The SMILES string of the molecule is C#CCN(C)c1ccc(C#N)c(Br)c1. The van der Waals surface area contributed by atoms with Crippen molar-refractivity contribution in [2.75, 3.05) is 18.5 Å². The van der Waals surface area contributed by atoms with E-state index in [2.05, 4.69) is 27.9 Å². The fourth-order valence-corrected chi connectivity index (χ4v) is 1.52. The highest BCUT2D eigenvalue weighted by Gasteiger charge is 2.03. The summed E-state index contributed by atoms with van der Waals surface area (Å²) in [6.07, 6.45) is 5.21. The Morgan fingerprint density at radius 3 is 2.79 bits per heavy atom. The van der Waals surface area contributed by atoms with Crippen molar-refractivity contribution in [1.82, 2.24) is 0 Å². The lowest BCUT2D eigenvalue weighted by Crippen LogP contribution is -2.16. The van der Waals surface area contributed by atoms with E-state index in [1.807, 2.05) is 24.1 Å². The Labute approximate surface area is 92.3 Å². The van der Waals surface area contributed by atoms with E-state index >= 15 is 0 Å². The van der Waals surface area contributed by atoms with Crippen LogP contribution in [0.1, 0.15) is 5.56 Å². The van der Waals surface area contributed by atoms with Crippen LogP contribution in [0.4, 0.5) is 5.69 Å². The van der Waals surface area contributed by atoms with Crippen molar-refractivity contribution in [3.63, 3.8) is 0 Å². The van der Waals surface area contributed by atoms with Crippen LogP contribution in [0.3, 0.4) is 0 Å². The minimum atomic E-state index is 0.554.